The molecule has 6 nitrogen and oxygen atoms in total. The zero-order chi connectivity index (χ0) is 19.9. The zero-order valence-electron chi connectivity index (χ0n) is 16.5. The van der Waals surface area contributed by atoms with Gasteiger partial charge in [-0.1, -0.05) is 23.7 Å². The number of rotatable bonds is 6. The van der Waals surface area contributed by atoms with Gasteiger partial charge >= 0.3 is 0 Å². The number of benzene rings is 2. The highest BCUT2D eigenvalue weighted by Crippen LogP contribution is 2.30. The molecule has 2 N–H and O–H groups in total. The van der Waals surface area contributed by atoms with Crippen LogP contribution in [0.25, 0.3) is 0 Å². The zero-order valence-corrected chi connectivity index (χ0v) is 17.3. The van der Waals surface area contributed by atoms with Crippen molar-refractivity contribution in [3.05, 3.63) is 53.1 Å². The average molecular weight is 403 g/mol. The van der Waals surface area contributed by atoms with Gasteiger partial charge in [-0.25, -0.2) is 0 Å². The van der Waals surface area contributed by atoms with E-state index < -0.39 is 0 Å². The third-order valence-corrected chi connectivity index (χ3v) is 5.08. The van der Waals surface area contributed by atoms with Crippen molar-refractivity contribution in [2.24, 2.45) is 4.99 Å². The summed E-state index contributed by atoms with van der Waals surface area (Å²) in [6, 6.07) is 14.1. The van der Waals surface area contributed by atoms with E-state index in [-0.39, 0.29) is 0 Å². The number of aliphatic imine (C=N–C) groups is 1. The van der Waals surface area contributed by atoms with Crippen LogP contribution in [0.2, 0.25) is 5.02 Å². The summed E-state index contributed by atoms with van der Waals surface area (Å²) in [5.74, 6) is 2.39. The van der Waals surface area contributed by atoms with Gasteiger partial charge in [-0.15, -0.1) is 0 Å². The highest BCUT2D eigenvalue weighted by molar-refractivity contribution is 6.30. The van der Waals surface area contributed by atoms with Crippen LogP contribution >= 0.6 is 11.6 Å². The Labute approximate surface area is 171 Å². The Hall–Kier alpha value is -2.60. The van der Waals surface area contributed by atoms with E-state index >= 15 is 0 Å². The molecule has 0 aromatic heterocycles. The lowest BCUT2D eigenvalue weighted by Crippen LogP contribution is -2.44. The summed E-state index contributed by atoms with van der Waals surface area (Å²) in [6.45, 7) is 2.54. The van der Waals surface area contributed by atoms with E-state index in [9.17, 15) is 0 Å². The van der Waals surface area contributed by atoms with Crippen LogP contribution in [-0.2, 0) is 6.54 Å². The van der Waals surface area contributed by atoms with Gasteiger partial charge < -0.3 is 25.0 Å². The number of hydrogen-bond donors (Lipinski definition) is 2. The maximum Gasteiger partial charge on any atom is 0.191 e. The van der Waals surface area contributed by atoms with Gasteiger partial charge in [0.05, 0.1) is 14.2 Å². The molecule has 1 atom stereocenters. The van der Waals surface area contributed by atoms with E-state index in [1.165, 1.54) is 0 Å². The minimum atomic E-state index is 0.314. The van der Waals surface area contributed by atoms with Gasteiger partial charge in [0.1, 0.15) is 11.5 Å². The first kappa shape index (κ1) is 20.1. The van der Waals surface area contributed by atoms with Crippen LogP contribution in [0.3, 0.4) is 0 Å². The molecule has 0 amide bonds. The molecular weight excluding hydrogens is 376 g/mol. The largest absolute Gasteiger partial charge is 0.497 e. The normalized spacial score (nSPS) is 16.8. The van der Waals surface area contributed by atoms with E-state index in [4.69, 9.17) is 21.1 Å². The maximum absolute atomic E-state index is 5.94. The monoisotopic (exact) mass is 402 g/mol. The molecule has 1 saturated heterocycles. The summed E-state index contributed by atoms with van der Waals surface area (Å²) in [4.78, 5) is 6.68. The Bertz CT molecular complexity index is 788. The van der Waals surface area contributed by atoms with E-state index in [1.807, 2.05) is 42.5 Å². The maximum atomic E-state index is 5.94. The summed E-state index contributed by atoms with van der Waals surface area (Å²) in [5, 5.41) is 7.62. The number of nitrogens with one attached hydrogen (secondary N) is 2. The van der Waals surface area contributed by atoms with Gasteiger partial charge in [0.15, 0.2) is 5.96 Å². The van der Waals surface area contributed by atoms with E-state index in [0.29, 0.717) is 12.6 Å². The summed E-state index contributed by atoms with van der Waals surface area (Å²) >= 11 is 5.94. The van der Waals surface area contributed by atoms with Crippen molar-refractivity contribution < 1.29 is 9.47 Å². The van der Waals surface area contributed by atoms with Crippen molar-refractivity contribution in [2.75, 3.05) is 39.3 Å². The molecule has 3 rings (SSSR count). The van der Waals surface area contributed by atoms with Crippen molar-refractivity contribution in [3.8, 4) is 11.5 Å². The fraction of sp³-hybridized carbons (Fsp3) is 0.381. The van der Waals surface area contributed by atoms with Crippen molar-refractivity contribution in [1.82, 2.24) is 10.6 Å². The molecule has 150 valence electrons. The SMILES string of the molecule is CN=C(NCc1ccc(Cl)cc1)NC1CCN(c2cc(OC)cc(OC)c2)C1. The van der Waals surface area contributed by atoms with E-state index in [2.05, 4.69) is 20.5 Å². The van der Waals surface area contributed by atoms with Crippen molar-refractivity contribution in [2.45, 2.75) is 19.0 Å². The van der Waals surface area contributed by atoms with Crippen LogP contribution < -0.4 is 25.0 Å². The van der Waals surface area contributed by atoms with Gasteiger partial charge in [0.25, 0.3) is 0 Å². The lowest BCUT2D eigenvalue weighted by molar-refractivity contribution is 0.394. The van der Waals surface area contributed by atoms with Gasteiger partial charge in [-0.2, -0.15) is 0 Å². The molecular formula is C21H27ClN4O2. The molecule has 0 radical (unpaired) electrons. The lowest BCUT2D eigenvalue weighted by atomic mass is 10.2. The second-order valence-electron chi connectivity index (χ2n) is 6.70. The van der Waals surface area contributed by atoms with Crippen LogP contribution in [0.15, 0.2) is 47.5 Å². The third kappa shape index (κ3) is 5.23. The summed E-state index contributed by atoms with van der Waals surface area (Å²) < 4.78 is 10.8. The van der Waals surface area contributed by atoms with Gasteiger partial charge in [-0.3, -0.25) is 4.99 Å². The van der Waals surface area contributed by atoms with Crippen LogP contribution in [0.1, 0.15) is 12.0 Å². The summed E-state index contributed by atoms with van der Waals surface area (Å²) in [5.41, 5.74) is 2.26. The fourth-order valence-electron chi connectivity index (χ4n) is 3.26. The van der Waals surface area contributed by atoms with Crippen LogP contribution in [0.5, 0.6) is 11.5 Å². The standard InChI is InChI=1S/C21H27ClN4O2/c1-23-21(24-13-15-4-6-16(22)7-5-15)25-17-8-9-26(14-17)18-10-19(27-2)12-20(11-18)28-3/h4-7,10-12,17H,8-9,13-14H2,1-3H3,(H2,23,24,25). The minimum Gasteiger partial charge on any atom is -0.497 e. The van der Waals surface area contributed by atoms with Gasteiger partial charge in [-0.05, 0) is 24.1 Å². The van der Waals surface area contributed by atoms with Crippen molar-refractivity contribution >= 4 is 23.2 Å². The second-order valence-corrected chi connectivity index (χ2v) is 7.14. The Morgan fingerprint density at radius 1 is 1.14 bits per heavy atom. The van der Waals surface area contributed by atoms with Crippen LogP contribution in [-0.4, -0.2) is 46.4 Å². The molecule has 2 aromatic carbocycles. The number of ether oxygens (including phenoxy) is 2. The number of guanidine groups is 1. The van der Waals surface area contributed by atoms with E-state index in [1.54, 1.807) is 21.3 Å². The molecule has 1 aliphatic rings. The summed E-state index contributed by atoms with van der Waals surface area (Å²) in [6.07, 6.45) is 1.03. The molecule has 28 heavy (non-hydrogen) atoms. The number of nitrogens with zero attached hydrogens (tertiary/aromatic N) is 2. The van der Waals surface area contributed by atoms with E-state index in [0.717, 1.165) is 53.2 Å². The first-order valence-corrected chi connectivity index (χ1v) is 9.68. The predicted molar refractivity (Wildman–Crippen MR) is 115 cm³/mol. The Balaban J connectivity index is 1.56. The number of anilines is 1. The third-order valence-electron chi connectivity index (χ3n) is 4.83. The molecule has 1 aliphatic heterocycles. The number of methoxy groups -OCH3 is 2. The summed E-state index contributed by atoms with van der Waals surface area (Å²) in [7, 11) is 5.13. The van der Waals surface area contributed by atoms with Crippen molar-refractivity contribution in [3.63, 3.8) is 0 Å². The molecule has 1 unspecified atom stereocenters. The average Bonchev–Trinajstić information content (AvgIpc) is 3.20. The smallest absolute Gasteiger partial charge is 0.191 e. The number of halogens is 1. The van der Waals surface area contributed by atoms with Gasteiger partial charge in [0.2, 0.25) is 0 Å². The highest BCUT2D eigenvalue weighted by atomic mass is 35.5. The molecule has 0 bridgehead atoms. The molecule has 0 aliphatic carbocycles. The lowest BCUT2D eigenvalue weighted by Gasteiger charge is -2.21. The number of hydrogen-bond acceptors (Lipinski definition) is 4. The van der Waals surface area contributed by atoms with Crippen molar-refractivity contribution in [1.29, 1.82) is 0 Å². The van der Waals surface area contributed by atoms with Crippen LogP contribution in [0.4, 0.5) is 5.69 Å². The Morgan fingerprint density at radius 3 is 2.43 bits per heavy atom. The molecule has 0 saturated carbocycles. The molecule has 0 spiro atoms. The minimum absolute atomic E-state index is 0.314. The quantitative estimate of drug-likeness (QED) is 0.573. The second kappa shape index (κ2) is 9.55. The molecule has 1 heterocycles. The van der Waals surface area contributed by atoms with Crippen LogP contribution in [0, 0.1) is 0 Å². The first-order chi connectivity index (χ1) is 13.6. The topological polar surface area (TPSA) is 58.1 Å². The fourth-order valence-corrected chi connectivity index (χ4v) is 3.39. The van der Waals surface area contributed by atoms with Gasteiger partial charge in [0, 0.05) is 61.6 Å². The highest BCUT2D eigenvalue weighted by Gasteiger charge is 2.24. The molecule has 2 aromatic rings. The predicted octanol–water partition coefficient (Wildman–Crippen LogP) is 3.30. The first-order valence-electron chi connectivity index (χ1n) is 9.31. The molecule has 1 fully saturated rings. The Morgan fingerprint density at radius 2 is 1.82 bits per heavy atom. The Kier molecular flexibility index (Phi) is 6.87. The molecule has 7 heteroatoms.